The maximum atomic E-state index is 10.1. The first kappa shape index (κ1) is 7.70. The van der Waals surface area contributed by atoms with Gasteiger partial charge in [-0.2, -0.15) is 0 Å². The fourth-order valence-electron chi connectivity index (χ4n) is 0.289. The highest BCUT2D eigenvalue weighted by molar-refractivity contribution is 5.90. The average molecular weight is 133 g/mol. The van der Waals surface area contributed by atoms with Gasteiger partial charge in [0.1, 0.15) is 0 Å². The number of carbonyl (C=O) groups excluding carboxylic acids is 2. The number of nitrogens with two attached hydrogens (primary N) is 2. The Bertz CT molecular complexity index is 120. The van der Waals surface area contributed by atoms with E-state index in [0.717, 1.165) is 7.11 Å². The summed E-state index contributed by atoms with van der Waals surface area (Å²) in [6.07, 6.45) is 0. The Hall–Kier alpha value is -1.30. The van der Waals surface area contributed by atoms with Crippen molar-refractivity contribution < 1.29 is 14.4 Å². The van der Waals surface area contributed by atoms with E-state index in [9.17, 15) is 9.59 Å². The van der Waals surface area contributed by atoms with E-state index in [4.69, 9.17) is 0 Å². The minimum absolute atomic E-state index is 0.236. The molecule has 0 heterocycles. The SMILES string of the molecule is CON(C(N)=O)C(N)=O. The van der Waals surface area contributed by atoms with Crippen LogP contribution in [-0.2, 0) is 4.84 Å². The molecule has 0 unspecified atom stereocenters. The molecule has 6 nitrogen and oxygen atoms in total. The Kier molecular flexibility index (Phi) is 2.46. The van der Waals surface area contributed by atoms with Crippen molar-refractivity contribution in [2.24, 2.45) is 11.5 Å². The molecule has 9 heavy (non-hydrogen) atoms. The van der Waals surface area contributed by atoms with Gasteiger partial charge in [0, 0.05) is 0 Å². The van der Waals surface area contributed by atoms with Gasteiger partial charge in [-0.3, -0.25) is 4.84 Å². The average Bonchev–Trinajstić information content (AvgIpc) is 1.64. The van der Waals surface area contributed by atoms with Crippen molar-refractivity contribution in [1.82, 2.24) is 5.06 Å². The van der Waals surface area contributed by atoms with E-state index in [0.29, 0.717) is 0 Å². The zero-order chi connectivity index (χ0) is 7.44. The summed E-state index contributed by atoms with van der Waals surface area (Å²) in [5.41, 5.74) is 9.22. The maximum Gasteiger partial charge on any atom is 0.347 e. The van der Waals surface area contributed by atoms with E-state index in [1.165, 1.54) is 0 Å². The molecule has 0 aromatic carbocycles. The zero-order valence-electron chi connectivity index (χ0n) is 4.83. The number of primary amides is 2. The van der Waals surface area contributed by atoms with Crippen LogP contribution in [0.25, 0.3) is 0 Å². The number of hydrogen-bond donors (Lipinski definition) is 2. The third kappa shape index (κ3) is 1.96. The molecule has 0 bridgehead atoms. The minimum atomic E-state index is -1.04. The molecule has 6 heteroatoms. The molecule has 4 amide bonds. The number of hydroxylamine groups is 2. The van der Waals surface area contributed by atoms with E-state index in [1.54, 1.807) is 0 Å². The van der Waals surface area contributed by atoms with Gasteiger partial charge in [0.15, 0.2) is 0 Å². The van der Waals surface area contributed by atoms with Crippen LogP contribution in [0.1, 0.15) is 0 Å². The Morgan fingerprint density at radius 3 is 1.67 bits per heavy atom. The summed E-state index contributed by atoms with van der Waals surface area (Å²) in [6.45, 7) is 0. The standard InChI is InChI=1S/C3H7N3O3/c1-9-6(2(4)7)3(5)8/h1H3,(H2,4,7)(H2,5,8). The molecule has 0 aliphatic rings. The molecule has 4 N–H and O–H groups in total. The monoisotopic (exact) mass is 133 g/mol. The van der Waals surface area contributed by atoms with Crippen LogP contribution in [-0.4, -0.2) is 24.2 Å². The van der Waals surface area contributed by atoms with Gasteiger partial charge in [-0.05, 0) is 0 Å². The van der Waals surface area contributed by atoms with Crippen molar-refractivity contribution in [1.29, 1.82) is 0 Å². The summed E-state index contributed by atoms with van der Waals surface area (Å²) in [5.74, 6) is 0. The summed E-state index contributed by atoms with van der Waals surface area (Å²) in [5, 5.41) is 0.236. The van der Waals surface area contributed by atoms with Crippen molar-refractivity contribution in [3.8, 4) is 0 Å². The van der Waals surface area contributed by atoms with E-state index in [1.807, 2.05) is 0 Å². The number of carbonyl (C=O) groups is 2. The van der Waals surface area contributed by atoms with Gasteiger partial charge >= 0.3 is 12.1 Å². The summed E-state index contributed by atoms with van der Waals surface area (Å²) in [4.78, 5) is 24.3. The van der Waals surface area contributed by atoms with Crippen LogP contribution in [0.2, 0.25) is 0 Å². The van der Waals surface area contributed by atoms with Gasteiger partial charge in [-0.25, -0.2) is 9.59 Å². The minimum Gasteiger partial charge on any atom is -0.349 e. The predicted octanol–water partition coefficient (Wildman–Crippen LogP) is -0.993. The highest BCUT2D eigenvalue weighted by Crippen LogP contribution is 1.84. The molecule has 0 aromatic rings. The number of rotatable bonds is 1. The molecule has 0 saturated carbocycles. The quantitative estimate of drug-likeness (QED) is 0.449. The summed E-state index contributed by atoms with van der Waals surface area (Å²) < 4.78 is 0. The molecule has 0 aliphatic carbocycles. The summed E-state index contributed by atoms with van der Waals surface area (Å²) in [6, 6.07) is -2.07. The first-order valence-electron chi connectivity index (χ1n) is 2.02. The van der Waals surface area contributed by atoms with Gasteiger partial charge in [-0.1, -0.05) is 0 Å². The van der Waals surface area contributed by atoms with Crippen LogP contribution in [0.5, 0.6) is 0 Å². The first-order chi connectivity index (χ1) is 4.09. The number of nitrogens with zero attached hydrogens (tertiary/aromatic N) is 1. The lowest BCUT2D eigenvalue weighted by Gasteiger charge is -2.09. The summed E-state index contributed by atoms with van der Waals surface area (Å²) in [7, 11) is 1.11. The van der Waals surface area contributed by atoms with Crippen molar-refractivity contribution in [2.45, 2.75) is 0 Å². The Morgan fingerprint density at radius 2 is 1.67 bits per heavy atom. The third-order valence-corrected chi connectivity index (χ3v) is 0.583. The summed E-state index contributed by atoms with van der Waals surface area (Å²) >= 11 is 0. The van der Waals surface area contributed by atoms with Gasteiger partial charge in [0.2, 0.25) is 0 Å². The first-order valence-corrected chi connectivity index (χ1v) is 2.02. The number of amides is 4. The second kappa shape index (κ2) is 2.88. The molecule has 0 spiro atoms. The third-order valence-electron chi connectivity index (χ3n) is 0.583. The van der Waals surface area contributed by atoms with Crippen LogP contribution in [0.3, 0.4) is 0 Å². The molecule has 0 saturated heterocycles. The Labute approximate surface area is 51.3 Å². The molecule has 52 valence electrons. The Balaban J connectivity index is 3.99. The lowest BCUT2D eigenvalue weighted by atomic mass is 10.9. The van der Waals surface area contributed by atoms with Crippen molar-refractivity contribution in [3.05, 3.63) is 0 Å². The Morgan fingerprint density at radius 1 is 1.33 bits per heavy atom. The highest BCUT2D eigenvalue weighted by atomic mass is 16.7. The zero-order valence-corrected chi connectivity index (χ0v) is 4.83. The lowest BCUT2D eigenvalue weighted by Crippen LogP contribution is -2.42. The number of urea groups is 2. The number of hydrogen-bond acceptors (Lipinski definition) is 3. The van der Waals surface area contributed by atoms with Crippen LogP contribution in [0, 0.1) is 0 Å². The van der Waals surface area contributed by atoms with Crippen LogP contribution < -0.4 is 11.5 Å². The van der Waals surface area contributed by atoms with E-state index in [2.05, 4.69) is 16.3 Å². The second-order valence-electron chi connectivity index (χ2n) is 1.15. The van der Waals surface area contributed by atoms with Crippen LogP contribution in [0.15, 0.2) is 0 Å². The largest absolute Gasteiger partial charge is 0.349 e. The molecule has 0 aromatic heterocycles. The lowest BCUT2D eigenvalue weighted by molar-refractivity contribution is -0.0406. The molecular weight excluding hydrogens is 126 g/mol. The topological polar surface area (TPSA) is 98.7 Å². The normalized spacial score (nSPS) is 8.56. The molecule has 0 aliphatic heterocycles. The number of imide groups is 1. The fourth-order valence-corrected chi connectivity index (χ4v) is 0.289. The van der Waals surface area contributed by atoms with Gasteiger partial charge in [-0.15, -0.1) is 5.06 Å². The molecule has 0 fully saturated rings. The van der Waals surface area contributed by atoms with Crippen molar-refractivity contribution >= 4 is 12.1 Å². The van der Waals surface area contributed by atoms with E-state index >= 15 is 0 Å². The molecule has 0 rings (SSSR count). The van der Waals surface area contributed by atoms with Crippen molar-refractivity contribution in [2.75, 3.05) is 7.11 Å². The van der Waals surface area contributed by atoms with Gasteiger partial charge in [0.25, 0.3) is 0 Å². The smallest absolute Gasteiger partial charge is 0.347 e. The van der Waals surface area contributed by atoms with Crippen LogP contribution >= 0.6 is 0 Å². The van der Waals surface area contributed by atoms with Crippen LogP contribution in [0.4, 0.5) is 9.59 Å². The fraction of sp³-hybridized carbons (Fsp3) is 0.333. The second-order valence-corrected chi connectivity index (χ2v) is 1.15. The van der Waals surface area contributed by atoms with Gasteiger partial charge in [0.05, 0.1) is 7.11 Å². The molecular formula is C3H7N3O3. The highest BCUT2D eigenvalue weighted by Gasteiger charge is 2.13. The molecule has 0 radical (unpaired) electrons. The van der Waals surface area contributed by atoms with Gasteiger partial charge < -0.3 is 11.5 Å². The van der Waals surface area contributed by atoms with E-state index in [-0.39, 0.29) is 5.06 Å². The van der Waals surface area contributed by atoms with E-state index < -0.39 is 12.1 Å². The molecule has 0 atom stereocenters. The van der Waals surface area contributed by atoms with Crippen molar-refractivity contribution in [3.63, 3.8) is 0 Å². The maximum absolute atomic E-state index is 10.1. The predicted molar refractivity (Wildman–Crippen MR) is 28.0 cm³/mol.